The quantitative estimate of drug-likeness (QED) is 0.731. The van der Waals surface area contributed by atoms with E-state index in [2.05, 4.69) is 11.1 Å². The fourth-order valence-corrected chi connectivity index (χ4v) is 2.96. The van der Waals surface area contributed by atoms with Crippen molar-refractivity contribution in [2.75, 3.05) is 0 Å². The maximum absolute atomic E-state index is 13.7. The van der Waals surface area contributed by atoms with E-state index in [1.165, 1.54) is 12.1 Å². The third kappa shape index (κ3) is 4.50. The first-order valence-electron chi connectivity index (χ1n) is 8.67. The molecule has 0 unspecified atom stereocenters. The van der Waals surface area contributed by atoms with Gasteiger partial charge >= 0.3 is 0 Å². The first-order chi connectivity index (χ1) is 12.9. The molecule has 1 aromatic heterocycles. The fraction of sp³-hybridized carbons (Fsp3) is 0.182. The molecule has 3 aromatic rings. The summed E-state index contributed by atoms with van der Waals surface area (Å²) in [4.78, 5) is 18.8. The molecule has 0 saturated heterocycles. The number of pyridine rings is 1. The minimum atomic E-state index is -0.811. The van der Waals surface area contributed by atoms with Gasteiger partial charge in [0.25, 0.3) is 5.91 Å². The summed E-state index contributed by atoms with van der Waals surface area (Å²) in [5.74, 6) is -1.59. The maximum atomic E-state index is 13.7. The first-order valence-corrected chi connectivity index (χ1v) is 8.67. The smallest absolute Gasteiger partial charge is 0.254 e. The molecule has 1 heterocycles. The van der Waals surface area contributed by atoms with Gasteiger partial charge in [-0.05, 0) is 54.8 Å². The number of aromatic hydroxyl groups is 1. The number of phenols is 1. The van der Waals surface area contributed by atoms with Gasteiger partial charge in [0, 0.05) is 31.0 Å². The fourth-order valence-electron chi connectivity index (χ4n) is 2.96. The van der Waals surface area contributed by atoms with Crippen LogP contribution >= 0.6 is 0 Å². The highest BCUT2D eigenvalue weighted by Crippen LogP contribution is 2.21. The van der Waals surface area contributed by atoms with Gasteiger partial charge in [0.15, 0.2) is 11.6 Å². The summed E-state index contributed by atoms with van der Waals surface area (Å²) in [7, 11) is 0. The van der Waals surface area contributed by atoms with E-state index in [1.807, 2.05) is 38.1 Å². The molecule has 0 fully saturated rings. The van der Waals surface area contributed by atoms with Crippen molar-refractivity contribution in [3.05, 3.63) is 94.6 Å². The molecule has 0 spiro atoms. The van der Waals surface area contributed by atoms with Crippen molar-refractivity contribution in [3.8, 4) is 5.75 Å². The molecule has 27 heavy (non-hydrogen) atoms. The second-order valence-electron chi connectivity index (χ2n) is 6.62. The number of hydrogen-bond donors (Lipinski definition) is 1. The summed E-state index contributed by atoms with van der Waals surface area (Å²) in [5.41, 5.74) is 4.35. The van der Waals surface area contributed by atoms with Gasteiger partial charge in [-0.15, -0.1) is 0 Å². The number of hydrogen-bond acceptors (Lipinski definition) is 3. The third-order valence-corrected chi connectivity index (χ3v) is 4.44. The minimum absolute atomic E-state index is 0.193. The van der Waals surface area contributed by atoms with Gasteiger partial charge in [-0.2, -0.15) is 0 Å². The second kappa shape index (κ2) is 7.99. The van der Waals surface area contributed by atoms with Crippen molar-refractivity contribution in [2.24, 2.45) is 0 Å². The number of aromatic nitrogens is 1. The Morgan fingerprint density at radius 2 is 1.93 bits per heavy atom. The topological polar surface area (TPSA) is 53.4 Å². The Morgan fingerprint density at radius 3 is 2.59 bits per heavy atom. The number of carbonyl (C=O) groups excluding carboxylic acids is 1. The summed E-state index contributed by atoms with van der Waals surface area (Å²) < 4.78 is 13.7. The van der Waals surface area contributed by atoms with Crippen LogP contribution in [0.3, 0.4) is 0 Å². The molecule has 1 amide bonds. The summed E-state index contributed by atoms with van der Waals surface area (Å²) >= 11 is 0. The molecule has 138 valence electrons. The summed E-state index contributed by atoms with van der Waals surface area (Å²) in [6.07, 6.45) is 3.38. The van der Waals surface area contributed by atoms with Crippen molar-refractivity contribution in [1.29, 1.82) is 0 Å². The van der Waals surface area contributed by atoms with Crippen molar-refractivity contribution >= 4 is 5.91 Å². The molecule has 0 aliphatic heterocycles. The maximum Gasteiger partial charge on any atom is 0.254 e. The van der Waals surface area contributed by atoms with Crippen LogP contribution < -0.4 is 0 Å². The van der Waals surface area contributed by atoms with Gasteiger partial charge in [0.1, 0.15) is 0 Å². The van der Waals surface area contributed by atoms with E-state index in [4.69, 9.17) is 0 Å². The Bertz CT molecular complexity index is 958. The zero-order chi connectivity index (χ0) is 19.4. The van der Waals surface area contributed by atoms with Crippen LogP contribution in [0.2, 0.25) is 0 Å². The first kappa shape index (κ1) is 18.6. The van der Waals surface area contributed by atoms with E-state index in [-0.39, 0.29) is 11.5 Å². The molecule has 0 aliphatic carbocycles. The molecule has 2 aromatic carbocycles. The molecule has 0 bridgehead atoms. The SMILES string of the molecule is Cc1ccc(CN(Cc2cccnc2)C(=O)c2ccc(O)c(F)c2)c(C)c1. The van der Waals surface area contributed by atoms with Gasteiger partial charge in [-0.1, -0.05) is 29.8 Å². The van der Waals surface area contributed by atoms with Crippen LogP contribution in [0.15, 0.2) is 60.9 Å². The number of carbonyl (C=O) groups is 1. The Labute approximate surface area is 157 Å². The van der Waals surface area contributed by atoms with E-state index in [1.54, 1.807) is 17.3 Å². The van der Waals surface area contributed by atoms with Gasteiger partial charge in [0.05, 0.1) is 0 Å². The summed E-state index contributed by atoms with van der Waals surface area (Å²) in [6, 6.07) is 13.5. The average Bonchev–Trinajstić information content (AvgIpc) is 2.65. The van der Waals surface area contributed by atoms with Crippen LogP contribution in [0.5, 0.6) is 5.75 Å². The normalized spacial score (nSPS) is 10.6. The Balaban J connectivity index is 1.93. The molecule has 1 N–H and O–H groups in total. The number of phenolic OH excluding ortho intramolecular Hbond substituents is 1. The van der Waals surface area contributed by atoms with E-state index in [0.29, 0.717) is 13.1 Å². The molecule has 0 atom stereocenters. The average molecular weight is 364 g/mol. The van der Waals surface area contributed by atoms with Crippen LogP contribution in [-0.4, -0.2) is 20.9 Å². The van der Waals surface area contributed by atoms with E-state index in [9.17, 15) is 14.3 Å². The van der Waals surface area contributed by atoms with Crippen molar-refractivity contribution in [3.63, 3.8) is 0 Å². The van der Waals surface area contributed by atoms with Crippen LogP contribution in [0.1, 0.15) is 32.6 Å². The Morgan fingerprint density at radius 1 is 1.11 bits per heavy atom. The van der Waals surface area contributed by atoms with Crippen LogP contribution in [0, 0.1) is 19.7 Å². The molecule has 0 aliphatic rings. The lowest BCUT2D eigenvalue weighted by molar-refractivity contribution is 0.0729. The lowest BCUT2D eigenvalue weighted by Gasteiger charge is -2.24. The number of halogens is 1. The van der Waals surface area contributed by atoms with Crippen molar-refractivity contribution in [1.82, 2.24) is 9.88 Å². The van der Waals surface area contributed by atoms with E-state index < -0.39 is 11.6 Å². The highest BCUT2D eigenvalue weighted by Gasteiger charge is 2.19. The van der Waals surface area contributed by atoms with Crippen LogP contribution in [0.25, 0.3) is 0 Å². The number of rotatable bonds is 5. The molecule has 0 saturated carbocycles. The van der Waals surface area contributed by atoms with Crippen molar-refractivity contribution in [2.45, 2.75) is 26.9 Å². The molecular formula is C22H21FN2O2. The zero-order valence-electron chi connectivity index (χ0n) is 15.3. The Kier molecular flexibility index (Phi) is 5.50. The van der Waals surface area contributed by atoms with E-state index >= 15 is 0 Å². The van der Waals surface area contributed by atoms with Crippen LogP contribution in [-0.2, 0) is 13.1 Å². The standard InChI is InChI=1S/C22H21FN2O2/c1-15-5-6-19(16(2)10-15)14-25(13-17-4-3-9-24-12-17)22(27)18-7-8-21(26)20(23)11-18/h3-12,26H,13-14H2,1-2H3. The molecular weight excluding hydrogens is 343 g/mol. The number of benzene rings is 2. The lowest BCUT2D eigenvalue weighted by atomic mass is 10.0. The predicted octanol–water partition coefficient (Wildman–Crippen LogP) is 4.39. The molecule has 0 radical (unpaired) electrons. The van der Waals surface area contributed by atoms with Gasteiger partial charge in [-0.3, -0.25) is 9.78 Å². The monoisotopic (exact) mass is 364 g/mol. The Hall–Kier alpha value is -3.21. The summed E-state index contributed by atoms with van der Waals surface area (Å²) in [6.45, 7) is 4.77. The number of amides is 1. The van der Waals surface area contributed by atoms with Crippen molar-refractivity contribution < 1.29 is 14.3 Å². The van der Waals surface area contributed by atoms with Gasteiger partial charge in [0.2, 0.25) is 0 Å². The van der Waals surface area contributed by atoms with Gasteiger partial charge < -0.3 is 10.0 Å². The highest BCUT2D eigenvalue weighted by atomic mass is 19.1. The predicted molar refractivity (Wildman–Crippen MR) is 102 cm³/mol. The second-order valence-corrected chi connectivity index (χ2v) is 6.62. The molecule has 3 rings (SSSR count). The molecule has 5 heteroatoms. The minimum Gasteiger partial charge on any atom is -0.505 e. The number of nitrogens with zero attached hydrogens (tertiary/aromatic N) is 2. The number of aryl methyl sites for hydroxylation is 2. The molecule has 4 nitrogen and oxygen atoms in total. The highest BCUT2D eigenvalue weighted by molar-refractivity contribution is 5.94. The lowest BCUT2D eigenvalue weighted by Crippen LogP contribution is -2.30. The van der Waals surface area contributed by atoms with Crippen LogP contribution in [0.4, 0.5) is 4.39 Å². The summed E-state index contributed by atoms with van der Waals surface area (Å²) in [5, 5.41) is 9.39. The largest absolute Gasteiger partial charge is 0.505 e. The third-order valence-electron chi connectivity index (χ3n) is 4.44. The zero-order valence-corrected chi connectivity index (χ0v) is 15.3. The van der Waals surface area contributed by atoms with Gasteiger partial charge in [-0.25, -0.2) is 4.39 Å². The van der Waals surface area contributed by atoms with E-state index in [0.717, 1.165) is 28.3 Å².